The summed E-state index contributed by atoms with van der Waals surface area (Å²) in [7, 11) is 2.20. The highest BCUT2D eigenvalue weighted by molar-refractivity contribution is 5.43. The lowest BCUT2D eigenvalue weighted by Gasteiger charge is -2.18. The lowest BCUT2D eigenvalue weighted by molar-refractivity contribution is 0.313. The van der Waals surface area contributed by atoms with Crippen molar-refractivity contribution in [2.24, 2.45) is 5.92 Å². The molecule has 0 atom stereocenters. The van der Waals surface area contributed by atoms with Crippen LogP contribution in [0.25, 0.3) is 0 Å². The zero-order chi connectivity index (χ0) is 12.1. The molecule has 2 rings (SSSR count). The molecule has 1 aromatic heterocycles. The van der Waals surface area contributed by atoms with Crippen LogP contribution in [0.4, 0.5) is 5.82 Å². The van der Waals surface area contributed by atoms with Gasteiger partial charge in [-0.25, -0.2) is 4.98 Å². The van der Waals surface area contributed by atoms with E-state index in [1.54, 1.807) is 0 Å². The molecule has 0 radical (unpaired) electrons. The van der Waals surface area contributed by atoms with Gasteiger partial charge in [-0.15, -0.1) is 0 Å². The predicted molar refractivity (Wildman–Crippen MR) is 72.1 cm³/mol. The number of nitrogens with zero attached hydrogens (tertiary/aromatic N) is 2. The first-order valence-electron chi connectivity index (χ1n) is 6.66. The molecular weight excluding hydrogens is 210 g/mol. The van der Waals surface area contributed by atoms with Crippen molar-refractivity contribution in [2.45, 2.75) is 32.7 Å². The van der Waals surface area contributed by atoms with Crippen LogP contribution >= 0.6 is 0 Å². The van der Waals surface area contributed by atoms with Gasteiger partial charge in [0.2, 0.25) is 0 Å². The maximum atomic E-state index is 4.43. The summed E-state index contributed by atoms with van der Waals surface area (Å²) >= 11 is 0. The average molecular weight is 233 g/mol. The van der Waals surface area contributed by atoms with Gasteiger partial charge in [0.05, 0.1) is 0 Å². The first-order valence-corrected chi connectivity index (χ1v) is 6.66. The number of hydrogen-bond acceptors (Lipinski definition) is 3. The highest BCUT2D eigenvalue weighted by Gasteiger charge is 2.22. The van der Waals surface area contributed by atoms with E-state index < -0.39 is 0 Å². The highest BCUT2D eigenvalue weighted by Crippen LogP contribution is 2.29. The van der Waals surface area contributed by atoms with Crippen LogP contribution in [0.15, 0.2) is 18.3 Å². The SMILES string of the molecule is CCCNc1ncccc1CN(C)CC1CC1. The van der Waals surface area contributed by atoms with E-state index in [-0.39, 0.29) is 0 Å². The lowest BCUT2D eigenvalue weighted by atomic mass is 10.2. The molecular formula is C14H23N3. The molecule has 17 heavy (non-hydrogen) atoms. The monoisotopic (exact) mass is 233 g/mol. The van der Waals surface area contributed by atoms with Gasteiger partial charge in [-0.3, -0.25) is 0 Å². The molecule has 0 aliphatic heterocycles. The summed E-state index contributed by atoms with van der Waals surface area (Å²) in [6, 6.07) is 4.20. The number of nitrogens with one attached hydrogen (secondary N) is 1. The van der Waals surface area contributed by atoms with Crippen LogP contribution in [0.5, 0.6) is 0 Å². The van der Waals surface area contributed by atoms with Crippen LogP contribution in [0.3, 0.4) is 0 Å². The number of hydrogen-bond donors (Lipinski definition) is 1. The molecule has 1 aliphatic rings. The Labute approximate surface area is 104 Å². The number of aromatic nitrogens is 1. The molecule has 1 aliphatic carbocycles. The first-order chi connectivity index (χ1) is 8.29. The van der Waals surface area contributed by atoms with Crippen molar-refractivity contribution in [3.8, 4) is 0 Å². The third-order valence-electron chi connectivity index (χ3n) is 3.14. The Bertz CT molecular complexity index is 347. The Kier molecular flexibility index (Phi) is 4.37. The highest BCUT2D eigenvalue weighted by atomic mass is 15.1. The first kappa shape index (κ1) is 12.4. The summed E-state index contributed by atoms with van der Waals surface area (Å²) in [5.41, 5.74) is 1.31. The van der Waals surface area contributed by atoms with Gasteiger partial charge in [0.25, 0.3) is 0 Å². The maximum Gasteiger partial charge on any atom is 0.130 e. The fraction of sp³-hybridized carbons (Fsp3) is 0.643. The van der Waals surface area contributed by atoms with Gasteiger partial charge < -0.3 is 10.2 Å². The predicted octanol–water partition coefficient (Wildman–Crippen LogP) is 2.75. The minimum absolute atomic E-state index is 0.948. The normalized spacial score (nSPS) is 15.2. The third-order valence-corrected chi connectivity index (χ3v) is 3.14. The zero-order valence-electron chi connectivity index (χ0n) is 10.9. The van der Waals surface area contributed by atoms with E-state index in [1.165, 1.54) is 24.9 Å². The fourth-order valence-corrected chi connectivity index (χ4v) is 2.07. The molecule has 1 heterocycles. The lowest BCUT2D eigenvalue weighted by Crippen LogP contribution is -2.21. The minimum Gasteiger partial charge on any atom is -0.370 e. The van der Waals surface area contributed by atoms with Crippen LogP contribution in [-0.4, -0.2) is 30.0 Å². The van der Waals surface area contributed by atoms with E-state index in [0.29, 0.717) is 0 Å². The summed E-state index contributed by atoms with van der Waals surface area (Å²) in [5.74, 6) is 2.00. The van der Waals surface area contributed by atoms with Crippen LogP contribution in [-0.2, 0) is 6.54 Å². The van der Waals surface area contributed by atoms with Crippen molar-refractivity contribution in [1.29, 1.82) is 0 Å². The molecule has 3 heteroatoms. The van der Waals surface area contributed by atoms with Crippen molar-refractivity contribution in [3.05, 3.63) is 23.9 Å². The second kappa shape index (κ2) is 6.01. The van der Waals surface area contributed by atoms with E-state index in [0.717, 1.165) is 31.2 Å². The van der Waals surface area contributed by atoms with Gasteiger partial charge in [-0.1, -0.05) is 13.0 Å². The Balaban J connectivity index is 1.92. The van der Waals surface area contributed by atoms with Gasteiger partial charge in [0.15, 0.2) is 0 Å². The molecule has 94 valence electrons. The number of pyridine rings is 1. The average Bonchev–Trinajstić information content (AvgIpc) is 3.11. The Morgan fingerprint density at radius 1 is 1.47 bits per heavy atom. The molecule has 1 fully saturated rings. The second-order valence-electron chi connectivity index (χ2n) is 5.08. The Morgan fingerprint density at radius 3 is 3.00 bits per heavy atom. The number of rotatable bonds is 7. The molecule has 0 unspecified atom stereocenters. The molecule has 1 N–H and O–H groups in total. The van der Waals surface area contributed by atoms with E-state index in [9.17, 15) is 0 Å². The molecule has 0 amide bonds. The largest absolute Gasteiger partial charge is 0.370 e. The molecule has 0 aromatic carbocycles. The standard InChI is InChI=1S/C14H23N3/c1-3-8-15-14-13(5-4-9-16-14)11-17(2)10-12-6-7-12/h4-5,9,12H,3,6-8,10-11H2,1-2H3,(H,15,16). The van der Waals surface area contributed by atoms with E-state index in [2.05, 4.69) is 35.2 Å². The summed E-state index contributed by atoms with van der Waals surface area (Å²) in [5, 5.41) is 3.40. The fourth-order valence-electron chi connectivity index (χ4n) is 2.07. The van der Waals surface area contributed by atoms with Crippen LogP contribution in [0.1, 0.15) is 31.7 Å². The molecule has 0 spiro atoms. The third kappa shape index (κ3) is 4.00. The summed E-state index contributed by atoms with van der Waals surface area (Å²) < 4.78 is 0. The van der Waals surface area contributed by atoms with Crippen molar-refractivity contribution in [2.75, 3.05) is 25.5 Å². The van der Waals surface area contributed by atoms with Gasteiger partial charge in [0, 0.05) is 31.4 Å². The van der Waals surface area contributed by atoms with Gasteiger partial charge in [-0.2, -0.15) is 0 Å². The molecule has 1 aromatic rings. The molecule has 3 nitrogen and oxygen atoms in total. The quantitative estimate of drug-likeness (QED) is 0.785. The molecule has 0 saturated heterocycles. The van der Waals surface area contributed by atoms with Gasteiger partial charge in [0.1, 0.15) is 5.82 Å². The number of anilines is 1. The maximum absolute atomic E-state index is 4.43. The van der Waals surface area contributed by atoms with Crippen molar-refractivity contribution >= 4 is 5.82 Å². The van der Waals surface area contributed by atoms with Crippen LogP contribution in [0, 0.1) is 5.92 Å². The topological polar surface area (TPSA) is 28.2 Å². The van der Waals surface area contributed by atoms with E-state index in [1.807, 2.05) is 12.3 Å². The summed E-state index contributed by atoms with van der Waals surface area (Å²) in [6.07, 6.45) is 5.83. The van der Waals surface area contributed by atoms with Crippen molar-refractivity contribution < 1.29 is 0 Å². The Morgan fingerprint density at radius 2 is 2.29 bits per heavy atom. The molecule has 0 bridgehead atoms. The molecule has 1 saturated carbocycles. The minimum atomic E-state index is 0.948. The van der Waals surface area contributed by atoms with Crippen molar-refractivity contribution in [1.82, 2.24) is 9.88 Å². The smallest absolute Gasteiger partial charge is 0.130 e. The van der Waals surface area contributed by atoms with E-state index >= 15 is 0 Å². The van der Waals surface area contributed by atoms with Gasteiger partial charge >= 0.3 is 0 Å². The zero-order valence-corrected chi connectivity index (χ0v) is 10.9. The van der Waals surface area contributed by atoms with Crippen molar-refractivity contribution in [3.63, 3.8) is 0 Å². The van der Waals surface area contributed by atoms with Gasteiger partial charge in [-0.05, 0) is 38.3 Å². The second-order valence-corrected chi connectivity index (χ2v) is 5.08. The Hall–Kier alpha value is -1.09. The summed E-state index contributed by atoms with van der Waals surface area (Å²) in [4.78, 5) is 6.83. The summed E-state index contributed by atoms with van der Waals surface area (Å²) in [6.45, 7) is 5.39. The van der Waals surface area contributed by atoms with E-state index in [4.69, 9.17) is 0 Å². The van der Waals surface area contributed by atoms with Crippen LogP contribution < -0.4 is 5.32 Å². The van der Waals surface area contributed by atoms with Crippen LogP contribution in [0.2, 0.25) is 0 Å².